The molecule has 0 bridgehead atoms. The first-order chi connectivity index (χ1) is 18.9. The number of piperazine rings is 1. The number of hydrogen-bond donors (Lipinski definition) is 0. The van der Waals surface area contributed by atoms with Crippen LogP contribution >= 0.6 is 11.6 Å². The Kier molecular flexibility index (Phi) is 3.54. The van der Waals surface area contributed by atoms with Gasteiger partial charge in [0.25, 0.3) is 11.6 Å². The molecular weight excluding hydrogens is 444 g/mol. The van der Waals surface area contributed by atoms with Gasteiger partial charge < -0.3 is 9.80 Å². The maximum atomic E-state index is 13.7. The van der Waals surface area contributed by atoms with Crippen LogP contribution in [0, 0.1) is 10.1 Å². The molecule has 0 saturated carbocycles. The number of nitrogens with zero attached hydrogens (tertiary/aromatic N) is 6. The molecule has 168 valence electrons. The zero-order valence-electron chi connectivity index (χ0n) is 25.1. The van der Waals surface area contributed by atoms with Gasteiger partial charge in [-0.1, -0.05) is 29.8 Å². The summed E-state index contributed by atoms with van der Waals surface area (Å²) in [6.07, 6.45) is 0.663. The summed E-state index contributed by atoms with van der Waals surface area (Å²) < 4.78 is 66.4. The number of non-ortho nitro benzene ring substituents is 1. The monoisotopic (exact) mass is 472 g/mol. The average molecular weight is 473 g/mol. The minimum Gasteiger partial charge on any atom is -0.373 e. The number of halogens is 1. The van der Waals surface area contributed by atoms with E-state index < -0.39 is 42.5 Å². The summed E-state index contributed by atoms with van der Waals surface area (Å²) in [5, 5.41) is 11.9. The lowest BCUT2D eigenvalue weighted by molar-refractivity contribution is -0.384. The standard InChI is InChI=1S/C23H21ClN6O3/c1-27-8-10-28(11-9-27)14-19-23(31)29-20-7-6-15(30(32)33)12-17(20)22(25-13-21(29)26-19)16-4-2-3-5-18(16)24/h2-7,12,14H,8-11,13H2,1H3/b19-14-/i8D2,9D2,10D2,11D2. The van der Waals surface area contributed by atoms with Gasteiger partial charge in [-0.15, -0.1) is 0 Å². The van der Waals surface area contributed by atoms with Crippen LogP contribution in [0.5, 0.6) is 0 Å². The van der Waals surface area contributed by atoms with Crippen molar-refractivity contribution < 1.29 is 20.7 Å². The molecule has 0 atom stereocenters. The van der Waals surface area contributed by atoms with Gasteiger partial charge in [0.15, 0.2) is 0 Å². The minimum atomic E-state index is -3.15. The van der Waals surface area contributed by atoms with E-state index in [1.807, 2.05) is 0 Å². The molecule has 33 heavy (non-hydrogen) atoms. The lowest BCUT2D eigenvalue weighted by atomic mass is 9.99. The van der Waals surface area contributed by atoms with Gasteiger partial charge in [0.05, 0.1) is 28.4 Å². The van der Waals surface area contributed by atoms with Crippen LogP contribution in [-0.4, -0.2) is 71.8 Å². The number of nitro groups is 1. The molecule has 0 aliphatic carbocycles. The second kappa shape index (κ2) is 8.42. The summed E-state index contributed by atoms with van der Waals surface area (Å²) in [4.78, 5) is 35.1. The smallest absolute Gasteiger partial charge is 0.284 e. The van der Waals surface area contributed by atoms with Crippen LogP contribution in [0.4, 0.5) is 11.4 Å². The Morgan fingerprint density at radius 1 is 1.15 bits per heavy atom. The van der Waals surface area contributed by atoms with Gasteiger partial charge in [0.2, 0.25) is 0 Å². The largest absolute Gasteiger partial charge is 0.373 e. The Hall–Kier alpha value is -3.56. The Morgan fingerprint density at radius 3 is 2.64 bits per heavy atom. The SMILES string of the molecule is [2H]C1([2H])N(C)C([2H])([2H])C([2H])([2H])N(/C=C2\N=C3CN=C(c4ccccc4Cl)c4cc([N+](=O)[O-])ccc4N3C2=O)C1([2H])[2H]. The van der Waals surface area contributed by atoms with E-state index in [1.54, 1.807) is 24.3 Å². The summed E-state index contributed by atoms with van der Waals surface area (Å²) >= 11 is 6.39. The molecule has 0 N–H and O–H groups in total. The highest BCUT2D eigenvalue weighted by atomic mass is 35.5. The molecule has 3 heterocycles. The van der Waals surface area contributed by atoms with Gasteiger partial charge in [-0.25, -0.2) is 4.99 Å². The zero-order chi connectivity index (χ0) is 30.3. The molecule has 5 rings (SSSR count). The van der Waals surface area contributed by atoms with E-state index in [0.717, 1.165) is 11.9 Å². The molecule has 2 aromatic carbocycles. The average Bonchev–Trinajstić information content (AvgIpc) is 3.11. The lowest BCUT2D eigenvalue weighted by Gasteiger charge is -2.31. The van der Waals surface area contributed by atoms with E-state index in [-0.39, 0.29) is 39.9 Å². The zero-order valence-corrected chi connectivity index (χ0v) is 17.9. The summed E-state index contributed by atoms with van der Waals surface area (Å²) in [7, 11) is 0.926. The van der Waals surface area contributed by atoms with Crippen molar-refractivity contribution in [3.8, 4) is 0 Å². The lowest BCUT2D eigenvalue weighted by Crippen LogP contribution is -2.42. The number of carbonyl (C=O) groups excluding carboxylic acids is 1. The fourth-order valence-electron chi connectivity index (χ4n) is 3.55. The normalized spacial score (nSPS) is 29.4. The third-order valence-corrected chi connectivity index (χ3v) is 5.38. The Labute approximate surface area is 206 Å². The van der Waals surface area contributed by atoms with E-state index in [0.29, 0.717) is 21.7 Å². The first-order valence-electron chi connectivity index (χ1n) is 13.7. The van der Waals surface area contributed by atoms with Crippen molar-refractivity contribution in [3.05, 3.63) is 80.6 Å². The second-order valence-corrected chi connectivity index (χ2v) is 7.57. The molecule has 1 amide bonds. The summed E-state index contributed by atoms with van der Waals surface area (Å²) in [5.74, 6) is -0.850. The number of hydrogen-bond acceptors (Lipinski definition) is 7. The minimum absolute atomic E-state index is 0.0275. The van der Waals surface area contributed by atoms with Crippen molar-refractivity contribution >= 4 is 40.4 Å². The van der Waals surface area contributed by atoms with Crippen LogP contribution in [0.2, 0.25) is 5.02 Å². The number of amides is 1. The maximum Gasteiger partial charge on any atom is 0.284 e. The van der Waals surface area contributed by atoms with E-state index in [4.69, 9.17) is 22.6 Å². The fourth-order valence-corrected chi connectivity index (χ4v) is 3.77. The number of carbonyl (C=O) groups is 1. The van der Waals surface area contributed by atoms with Gasteiger partial charge in [-0.05, 0) is 19.2 Å². The van der Waals surface area contributed by atoms with Gasteiger partial charge in [0, 0.05) is 66.0 Å². The quantitative estimate of drug-likeness (QED) is 0.389. The molecule has 9 nitrogen and oxygen atoms in total. The van der Waals surface area contributed by atoms with Crippen molar-refractivity contribution in [1.82, 2.24) is 9.80 Å². The number of likely N-dealkylation sites (N-methyl/N-ethyl adjacent to an activating group) is 1. The van der Waals surface area contributed by atoms with Gasteiger partial charge >= 0.3 is 0 Å². The third-order valence-electron chi connectivity index (χ3n) is 5.05. The Bertz CT molecular complexity index is 1570. The predicted octanol–water partition coefficient (Wildman–Crippen LogP) is 2.93. The number of anilines is 1. The van der Waals surface area contributed by atoms with Crippen molar-refractivity contribution in [2.45, 2.75) is 0 Å². The highest BCUT2D eigenvalue weighted by molar-refractivity contribution is 6.37. The molecule has 2 aromatic rings. The third kappa shape index (κ3) is 3.90. The topological polar surface area (TPSA) is 94.7 Å². The molecule has 0 spiro atoms. The van der Waals surface area contributed by atoms with E-state index in [2.05, 4.69) is 9.98 Å². The molecule has 10 heteroatoms. The van der Waals surface area contributed by atoms with Crippen molar-refractivity contribution in [3.63, 3.8) is 0 Å². The van der Waals surface area contributed by atoms with Crippen LogP contribution in [0.15, 0.2) is 64.3 Å². The van der Waals surface area contributed by atoms with Crippen LogP contribution in [0.3, 0.4) is 0 Å². The molecule has 3 aliphatic rings. The van der Waals surface area contributed by atoms with Crippen molar-refractivity contribution in [2.75, 3.05) is 44.5 Å². The number of rotatable bonds is 3. The van der Waals surface area contributed by atoms with Gasteiger partial charge in [-0.3, -0.25) is 24.8 Å². The molecule has 0 aromatic heterocycles. The number of fused-ring (bicyclic) bond motifs is 3. The molecule has 0 radical (unpaired) electrons. The Morgan fingerprint density at radius 2 is 1.91 bits per heavy atom. The van der Waals surface area contributed by atoms with Crippen molar-refractivity contribution in [2.24, 2.45) is 9.98 Å². The van der Waals surface area contributed by atoms with Crippen molar-refractivity contribution in [1.29, 1.82) is 0 Å². The fraction of sp³-hybridized carbons (Fsp3) is 0.261. The van der Waals surface area contributed by atoms with Gasteiger partial charge in [0.1, 0.15) is 11.5 Å². The summed E-state index contributed by atoms with van der Waals surface area (Å²) in [6.45, 7) is -12.6. The van der Waals surface area contributed by atoms with Crippen LogP contribution < -0.4 is 4.90 Å². The van der Waals surface area contributed by atoms with Gasteiger partial charge in [-0.2, -0.15) is 0 Å². The number of nitro benzene ring substituents is 1. The first-order valence-corrected chi connectivity index (χ1v) is 10.1. The van der Waals surface area contributed by atoms with Crippen LogP contribution in [0.25, 0.3) is 0 Å². The molecule has 1 fully saturated rings. The summed E-state index contributed by atoms with van der Waals surface area (Å²) in [5.41, 5.74) is 0.250. The van der Waals surface area contributed by atoms with E-state index in [1.165, 1.54) is 18.2 Å². The van der Waals surface area contributed by atoms with Crippen LogP contribution in [0.1, 0.15) is 22.1 Å². The highest BCUT2D eigenvalue weighted by Crippen LogP contribution is 2.35. The number of aliphatic imine (C=N–C) groups is 2. The summed E-state index contributed by atoms with van der Waals surface area (Å²) in [6, 6.07) is 10.4. The second-order valence-electron chi connectivity index (χ2n) is 7.16. The first kappa shape index (κ1) is 13.9. The number of benzene rings is 2. The predicted molar refractivity (Wildman–Crippen MR) is 127 cm³/mol. The molecular formula is C23H21ClN6O3. The molecule has 1 saturated heterocycles. The molecule has 3 aliphatic heterocycles. The maximum absolute atomic E-state index is 13.7. The van der Waals surface area contributed by atoms with Crippen LogP contribution in [-0.2, 0) is 4.79 Å². The number of amidine groups is 1. The Balaban J connectivity index is 1.67. The highest BCUT2D eigenvalue weighted by Gasteiger charge is 2.36. The molecule has 0 unspecified atom stereocenters. The van der Waals surface area contributed by atoms with E-state index in [9.17, 15) is 14.9 Å². The van der Waals surface area contributed by atoms with E-state index >= 15 is 0 Å².